The lowest BCUT2D eigenvalue weighted by Crippen LogP contribution is -2.17. The number of benzene rings is 3. The van der Waals surface area contributed by atoms with E-state index in [9.17, 15) is 9.90 Å². The van der Waals surface area contributed by atoms with Crippen molar-refractivity contribution in [2.75, 3.05) is 0 Å². The monoisotopic (exact) mass is 443 g/mol. The predicted molar refractivity (Wildman–Crippen MR) is 130 cm³/mol. The Labute approximate surface area is 194 Å². The second-order valence-electron chi connectivity index (χ2n) is 10.4. The van der Waals surface area contributed by atoms with Crippen LogP contribution in [0.5, 0.6) is 17.2 Å². The van der Waals surface area contributed by atoms with Gasteiger partial charge >= 0.3 is 0 Å². The Morgan fingerprint density at radius 3 is 1.97 bits per heavy atom. The van der Waals surface area contributed by atoms with E-state index in [0.29, 0.717) is 39.8 Å². The number of carbonyl (C=O) groups excluding carboxylic acids is 1. The van der Waals surface area contributed by atoms with Crippen LogP contribution in [-0.4, -0.2) is 16.4 Å². The number of ether oxygens (including phenoxy) is 1. The zero-order chi connectivity index (χ0) is 24.0. The van der Waals surface area contributed by atoms with Crippen molar-refractivity contribution in [1.82, 2.24) is 4.98 Å². The number of carbonyl (C=O) groups is 1. The van der Waals surface area contributed by atoms with E-state index in [4.69, 9.17) is 14.1 Å². The van der Waals surface area contributed by atoms with Gasteiger partial charge in [0.2, 0.25) is 5.89 Å². The van der Waals surface area contributed by atoms with Crippen LogP contribution >= 0.6 is 0 Å². The van der Waals surface area contributed by atoms with Gasteiger partial charge in [0, 0.05) is 28.3 Å². The molecule has 4 aromatic rings. The quantitative estimate of drug-likeness (QED) is 0.333. The smallest absolute Gasteiger partial charge is 0.227 e. The Morgan fingerprint density at radius 2 is 1.42 bits per heavy atom. The second-order valence-corrected chi connectivity index (χ2v) is 10.4. The average Bonchev–Trinajstić information content (AvgIpc) is 3.16. The van der Waals surface area contributed by atoms with Crippen LogP contribution in [0.1, 0.15) is 63.0 Å². The number of oxazole rings is 1. The van der Waals surface area contributed by atoms with Crippen molar-refractivity contribution in [1.29, 1.82) is 0 Å². The first-order valence-electron chi connectivity index (χ1n) is 11.0. The molecular formula is C28H29NO4. The number of nitrogens with zero attached hydrogens (tertiary/aromatic N) is 1. The Morgan fingerprint density at radius 1 is 0.848 bits per heavy atom. The van der Waals surface area contributed by atoms with E-state index in [2.05, 4.69) is 41.5 Å². The van der Waals surface area contributed by atoms with E-state index in [0.717, 1.165) is 23.0 Å². The lowest BCUT2D eigenvalue weighted by molar-refractivity contribution is 0.112. The summed E-state index contributed by atoms with van der Waals surface area (Å²) in [6.45, 7) is 12.5. The summed E-state index contributed by atoms with van der Waals surface area (Å²) in [7, 11) is 0. The van der Waals surface area contributed by atoms with Gasteiger partial charge < -0.3 is 14.3 Å². The third kappa shape index (κ3) is 4.63. The van der Waals surface area contributed by atoms with Crippen molar-refractivity contribution >= 4 is 17.4 Å². The van der Waals surface area contributed by atoms with Crippen molar-refractivity contribution in [3.05, 3.63) is 71.3 Å². The van der Waals surface area contributed by atoms with E-state index in [1.165, 1.54) is 0 Å². The molecular weight excluding hydrogens is 414 g/mol. The standard InChI is InChI=1S/C28H29NO4/c1-27(2,3)21-13-18(14-22(25(21)31)28(4,5)6)26-29-23-15-20(11-12-24(23)33-26)32-19-9-7-17(16-30)8-10-19/h7-16,31H,1-6H3. The van der Waals surface area contributed by atoms with Gasteiger partial charge in [-0.3, -0.25) is 4.79 Å². The normalized spacial score (nSPS) is 12.2. The van der Waals surface area contributed by atoms with E-state index >= 15 is 0 Å². The molecule has 1 N–H and O–H groups in total. The second kappa shape index (κ2) is 8.07. The van der Waals surface area contributed by atoms with Gasteiger partial charge in [0.15, 0.2) is 5.58 Å². The summed E-state index contributed by atoms with van der Waals surface area (Å²) in [6.07, 6.45) is 0.798. The summed E-state index contributed by atoms with van der Waals surface area (Å²) in [5.41, 5.74) is 3.97. The lowest BCUT2D eigenvalue weighted by atomic mass is 9.78. The third-order valence-electron chi connectivity index (χ3n) is 5.58. The summed E-state index contributed by atoms with van der Waals surface area (Å²) in [6, 6.07) is 16.3. The van der Waals surface area contributed by atoms with Gasteiger partial charge in [0.1, 0.15) is 29.1 Å². The Hall–Kier alpha value is -3.60. The van der Waals surface area contributed by atoms with Crippen LogP contribution in [0.2, 0.25) is 0 Å². The maximum Gasteiger partial charge on any atom is 0.227 e. The summed E-state index contributed by atoms with van der Waals surface area (Å²) in [5, 5.41) is 11.0. The van der Waals surface area contributed by atoms with Crippen molar-refractivity contribution in [2.24, 2.45) is 0 Å². The zero-order valence-electron chi connectivity index (χ0n) is 19.9. The molecule has 0 spiro atoms. The van der Waals surface area contributed by atoms with E-state index in [1.54, 1.807) is 24.3 Å². The molecule has 1 heterocycles. The molecule has 0 atom stereocenters. The van der Waals surface area contributed by atoms with E-state index in [-0.39, 0.29) is 10.8 Å². The molecule has 0 saturated heterocycles. The highest BCUT2D eigenvalue weighted by atomic mass is 16.5. The first-order valence-corrected chi connectivity index (χ1v) is 11.0. The zero-order valence-corrected chi connectivity index (χ0v) is 19.9. The fraction of sp³-hybridized carbons (Fsp3) is 0.286. The van der Waals surface area contributed by atoms with E-state index < -0.39 is 0 Å². The van der Waals surface area contributed by atoms with Crippen LogP contribution in [0.4, 0.5) is 0 Å². The first-order chi connectivity index (χ1) is 15.5. The molecule has 3 aromatic carbocycles. The van der Waals surface area contributed by atoms with Crippen LogP contribution < -0.4 is 4.74 Å². The first kappa shape index (κ1) is 22.6. The summed E-state index contributed by atoms with van der Waals surface area (Å²) < 4.78 is 12.0. The highest BCUT2D eigenvalue weighted by Gasteiger charge is 2.27. The lowest BCUT2D eigenvalue weighted by Gasteiger charge is -2.27. The Balaban J connectivity index is 1.75. The predicted octanol–water partition coefficient (Wildman–Crippen LogP) is 7.40. The number of aldehydes is 1. The van der Waals surface area contributed by atoms with Crippen molar-refractivity contribution < 1.29 is 19.1 Å². The molecule has 0 aliphatic carbocycles. The minimum absolute atomic E-state index is 0.244. The van der Waals surface area contributed by atoms with Crippen LogP contribution in [0.3, 0.4) is 0 Å². The van der Waals surface area contributed by atoms with Crippen LogP contribution in [0.25, 0.3) is 22.6 Å². The molecule has 1 aromatic heterocycles. The van der Waals surface area contributed by atoms with Crippen LogP contribution in [0.15, 0.2) is 59.0 Å². The maximum absolute atomic E-state index is 11.0. The van der Waals surface area contributed by atoms with Crippen molar-refractivity contribution in [2.45, 2.75) is 52.4 Å². The maximum atomic E-state index is 11.0. The van der Waals surface area contributed by atoms with Gasteiger partial charge in [-0.25, -0.2) is 4.98 Å². The summed E-state index contributed by atoms with van der Waals surface area (Å²) >= 11 is 0. The number of aromatic hydroxyl groups is 1. The molecule has 0 amide bonds. The highest BCUT2D eigenvalue weighted by Crippen LogP contribution is 2.42. The molecule has 5 heteroatoms. The Kier molecular flexibility index (Phi) is 5.52. The molecule has 0 radical (unpaired) electrons. The SMILES string of the molecule is CC(C)(C)c1cc(-c2nc3cc(Oc4ccc(C=O)cc4)ccc3o2)cc(C(C)(C)C)c1O. The third-order valence-corrected chi connectivity index (χ3v) is 5.58. The van der Waals surface area contributed by atoms with Gasteiger partial charge in [-0.05, 0) is 59.4 Å². The Bertz CT molecular complexity index is 1280. The fourth-order valence-corrected chi connectivity index (χ4v) is 3.75. The van der Waals surface area contributed by atoms with Gasteiger partial charge in [-0.2, -0.15) is 0 Å². The minimum Gasteiger partial charge on any atom is -0.507 e. The molecule has 0 unspecified atom stereocenters. The molecule has 33 heavy (non-hydrogen) atoms. The molecule has 0 bridgehead atoms. The van der Waals surface area contributed by atoms with Gasteiger partial charge in [0.25, 0.3) is 0 Å². The number of fused-ring (bicyclic) bond motifs is 1. The number of phenolic OH excluding ortho intramolecular Hbond substituents is 1. The highest BCUT2D eigenvalue weighted by molar-refractivity contribution is 5.78. The molecule has 0 aliphatic heterocycles. The molecule has 0 aliphatic rings. The molecule has 0 saturated carbocycles. The molecule has 170 valence electrons. The van der Waals surface area contributed by atoms with Crippen LogP contribution in [-0.2, 0) is 10.8 Å². The number of rotatable bonds is 4. The van der Waals surface area contributed by atoms with Crippen LogP contribution in [0, 0.1) is 0 Å². The van der Waals surface area contributed by atoms with Gasteiger partial charge in [0.05, 0.1) is 0 Å². The number of phenols is 1. The number of hydrogen-bond donors (Lipinski definition) is 1. The minimum atomic E-state index is -0.244. The molecule has 0 fully saturated rings. The molecule has 5 nitrogen and oxygen atoms in total. The largest absolute Gasteiger partial charge is 0.507 e. The van der Waals surface area contributed by atoms with Gasteiger partial charge in [-0.15, -0.1) is 0 Å². The summed E-state index contributed by atoms with van der Waals surface area (Å²) in [5.74, 6) is 2.07. The van der Waals surface area contributed by atoms with Crippen molar-refractivity contribution in [3.8, 4) is 28.7 Å². The average molecular weight is 444 g/mol. The van der Waals surface area contributed by atoms with Crippen molar-refractivity contribution in [3.63, 3.8) is 0 Å². The number of aromatic nitrogens is 1. The topological polar surface area (TPSA) is 72.6 Å². The van der Waals surface area contributed by atoms with E-state index in [1.807, 2.05) is 30.3 Å². The fourth-order valence-electron chi connectivity index (χ4n) is 3.75. The summed E-state index contributed by atoms with van der Waals surface area (Å²) in [4.78, 5) is 15.6. The number of hydrogen-bond acceptors (Lipinski definition) is 5. The molecule has 4 rings (SSSR count). The van der Waals surface area contributed by atoms with Gasteiger partial charge in [-0.1, -0.05) is 41.5 Å².